The van der Waals surface area contributed by atoms with Crippen molar-refractivity contribution in [3.8, 4) is 11.4 Å². The summed E-state index contributed by atoms with van der Waals surface area (Å²) in [6, 6.07) is 13.5. The van der Waals surface area contributed by atoms with Gasteiger partial charge in [-0.15, -0.1) is 11.3 Å². The summed E-state index contributed by atoms with van der Waals surface area (Å²) in [5.41, 5.74) is 4.28. The number of carbonyl (C=O) groups excluding carboxylic acids is 1. The summed E-state index contributed by atoms with van der Waals surface area (Å²) in [4.78, 5) is 21.8. The van der Waals surface area contributed by atoms with Crippen molar-refractivity contribution < 1.29 is 4.79 Å². The van der Waals surface area contributed by atoms with E-state index in [4.69, 9.17) is 0 Å². The van der Waals surface area contributed by atoms with Crippen LogP contribution in [0.3, 0.4) is 0 Å². The number of Topliss-reactive ketones (excluding diaryl/α,β-unsaturated/α-hetero) is 1. The molecular weight excluding hydrogens is 330 g/mol. The molecule has 0 aromatic carbocycles. The van der Waals surface area contributed by atoms with Gasteiger partial charge in [-0.2, -0.15) is 0 Å². The zero-order valence-corrected chi connectivity index (χ0v) is 14.7. The van der Waals surface area contributed by atoms with Crippen LogP contribution in [-0.4, -0.2) is 20.2 Å². The van der Waals surface area contributed by atoms with E-state index in [1.807, 2.05) is 53.1 Å². The van der Waals surface area contributed by atoms with E-state index in [-0.39, 0.29) is 5.78 Å². The van der Waals surface area contributed by atoms with Crippen LogP contribution in [0.1, 0.15) is 28.0 Å². The van der Waals surface area contributed by atoms with E-state index in [0.717, 1.165) is 34.0 Å². The van der Waals surface area contributed by atoms with E-state index >= 15 is 0 Å². The topological polar surface area (TPSA) is 47.3 Å². The van der Waals surface area contributed by atoms with Gasteiger partial charge in [0.25, 0.3) is 0 Å². The summed E-state index contributed by atoms with van der Waals surface area (Å²) in [6.07, 6.45) is 4.91. The number of rotatable bonds is 5. The fourth-order valence-electron chi connectivity index (χ4n) is 2.93. The van der Waals surface area contributed by atoms with E-state index in [1.165, 1.54) is 0 Å². The third-order valence-electron chi connectivity index (χ3n) is 4.16. The maximum absolute atomic E-state index is 12.9. The molecule has 0 aliphatic heterocycles. The summed E-state index contributed by atoms with van der Waals surface area (Å²) in [6.45, 7) is 2.10. The number of hydrogen-bond acceptors (Lipinski definition) is 4. The van der Waals surface area contributed by atoms with Crippen molar-refractivity contribution in [3.05, 3.63) is 76.5 Å². The van der Waals surface area contributed by atoms with Crippen LogP contribution in [0.2, 0.25) is 0 Å². The second-order valence-corrected chi connectivity index (χ2v) is 6.74. The average molecular weight is 347 g/mol. The van der Waals surface area contributed by atoms with Gasteiger partial charge in [0, 0.05) is 29.0 Å². The van der Waals surface area contributed by atoms with Crippen LogP contribution in [0.15, 0.2) is 60.2 Å². The lowest BCUT2D eigenvalue weighted by Crippen LogP contribution is -2.04. The van der Waals surface area contributed by atoms with Crippen LogP contribution in [0.4, 0.5) is 0 Å². The molecule has 0 atom stereocenters. The Labute approximate surface area is 149 Å². The molecule has 0 aliphatic carbocycles. The molecule has 0 radical (unpaired) electrons. The highest BCUT2D eigenvalue weighted by atomic mass is 32.1. The van der Waals surface area contributed by atoms with E-state index in [0.29, 0.717) is 12.0 Å². The molecule has 0 spiro atoms. The van der Waals surface area contributed by atoms with Gasteiger partial charge in [-0.25, -0.2) is 4.98 Å². The molecule has 4 aromatic heterocycles. The molecule has 4 heterocycles. The highest BCUT2D eigenvalue weighted by molar-refractivity contribution is 7.09. The van der Waals surface area contributed by atoms with Gasteiger partial charge in [0.1, 0.15) is 0 Å². The monoisotopic (exact) mass is 347 g/mol. The molecular formula is C20H17N3OS. The molecule has 4 nitrogen and oxygen atoms in total. The molecule has 0 N–H and O–H groups in total. The van der Waals surface area contributed by atoms with E-state index in [1.54, 1.807) is 17.5 Å². The third kappa shape index (κ3) is 2.98. The Morgan fingerprint density at radius 1 is 1.20 bits per heavy atom. The van der Waals surface area contributed by atoms with Crippen LogP contribution in [0.5, 0.6) is 0 Å². The van der Waals surface area contributed by atoms with Crippen molar-refractivity contribution in [2.24, 2.45) is 0 Å². The molecule has 0 bridgehead atoms. The zero-order chi connectivity index (χ0) is 17.2. The van der Waals surface area contributed by atoms with Crippen molar-refractivity contribution in [2.45, 2.75) is 19.8 Å². The number of carbonyl (C=O) groups is 1. The van der Waals surface area contributed by atoms with E-state index < -0.39 is 0 Å². The average Bonchev–Trinajstić information content (AvgIpc) is 3.27. The molecule has 0 unspecified atom stereocenters. The minimum absolute atomic E-state index is 0.0691. The molecule has 4 aromatic rings. The maximum Gasteiger partial charge on any atom is 0.170 e. The Morgan fingerprint density at radius 3 is 2.84 bits per heavy atom. The molecule has 0 saturated heterocycles. The minimum Gasteiger partial charge on any atom is -0.314 e. The first-order valence-electron chi connectivity index (χ1n) is 8.24. The number of ketones is 1. The second-order valence-electron chi connectivity index (χ2n) is 5.80. The highest BCUT2D eigenvalue weighted by Crippen LogP contribution is 2.28. The van der Waals surface area contributed by atoms with Gasteiger partial charge in [-0.1, -0.05) is 19.1 Å². The normalized spacial score (nSPS) is 11.1. The number of aromatic nitrogens is 3. The van der Waals surface area contributed by atoms with Crippen molar-refractivity contribution in [3.63, 3.8) is 0 Å². The van der Waals surface area contributed by atoms with E-state index in [9.17, 15) is 4.79 Å². The Hall–Kier alpha value is -2.79. The minimum atomic E-state index is 0.0691. The molecule has 124 valence electrons. The molecule has 25 heavy (non-hydrogen) atoms. The summed E-state index contributed by atoms with van der Waals surface area (Å²) in [5.74, 6) is 0.0691. The van der Waals surface area contributed by atoms with Crippen molar-refractivity contribution >= 4 is 22.6 Å². The smallest absolute Gasteiger partial charge is 0.170 e. The van der Waals surface area contributed by atoms with Gasteiger partial charge in [0.05, 0.1) is 28.3 Å². The highest BCUT2D eigenvalue weighted by Gasteiger charge is 2.18. The van der Waals surface area contributed by atoms with Crippen LogP contribution in [0.25, 0.3) is 16.9 Å². The number of hydrogen-bond donors (Lipinski definition) is 0. The molecule has 5 heteroatoms. The summed E-state index contributed by atoms with van der Waals surface area (Å²) >= 11 is 1.65. The summed E-state index contributed by atoms with van der Waals surface area (Å²) in [7, 11) is 0. The molecule has 0 aliphatic rings. The van der Waals surface area contributed by atoms with Crippen LogP contribution in [0, 0.1) is 0 Å². The first-order chi connectivity index (χ1) is 12.3. The van der Waals surface area contributed by atoms with E-state index in [2.05, 4.69) is 22.3 Å². The van der Waals surface area contributed by atoms with Crippen LogP contribution >= 0.6 is 11.3 Å². The second kappa shape index (κ2) is 6.61. The van der Waals surface area contributed by atoms with Gasteiger partial charge < -0.3 is 4.40 Å². The van der Waals surface area contributed by atoms with Crippen molar-refractivity contribution in [1.29, 1.82) is 0 Å². The predicted molar refractivity (Wildman–Crippen MR) is 100 cm³/mol. The number of thiazole rings is 1. The Balaban J connectivity index is 1.78. The Morgan fingerprint density at radius 2 is 2.08 bits per heavy atom. The molecule has 0 fully saturated rings. The molecule has 0 amide bonds. The Kier molecular flexibility index (Phi) is 4.15. The SMILES string of the molecule is CCc1nc(-c2cc(C(=O)Cc3ccccn3)c3ccccn23)cs1. The summed E-state index contributed by atoms with van der Waals surface area (Å²) < 4.78 is 2.04. The molecule has 0 saturated carbocycles. The standard InChI is InChI=1S/C20H17N3OS/c1-2-20-22-16(13-25-20)18-12-15(17-8-4-6-10-23(17)18)19(24)11-14-7-3-5-9-21-14/h3-10,12-13H,2,11H2,1H3. The Bertz CT molecular complexity index is 1030. The number of fused-ring (bicyclic) bond motifs is 1. The van der Waals surface area contributed by atoms with Gasteiger partial charge in [0.2, 0.25) is 0 Å². The van der Waals surface area contributed by atoms with Crippen LogP contribution in [-0.2, 0) is 12.8 Å². The first kappa shape index (κ1) is 15.7. The fourth-order valence-corrected chi connectivity index (χ4v) is 3.67. The molecule has 4 rings (SSSR count). The lowest BCUT2D eigenvalue weighted by molar-refractivity contribution is 0.0993. The van der Waals surface area contributed by atoms with Gasteiger partial charge in [-0.05, 0) is 36.8 Å². The largest absolute Gasteiger partial charge is 0.314 e. The zero-order valence-electron chi connectivity index (χ0n) is 13.8. The third-order valence-corrected chi connectivity index (χ3v) is 5.15. The van der Waals surface area contributed by atoms with Crippen LogP contribution < -0.4 is 0 Å². The van der Waals surface area contributed by atoms with Gasteiger partial charge in [0.15, 0.2) is 5.78 Å². The quantitative estimate of drug-likeness (QED) is 0.501. The maximum atomic E-state index is 12.9. The van der Waals surface area contributed by atoms with Gasteiger partial charge >= 0.3 is 0 Å². The van der Waals surface area contributed by atoms with Gasteiger partial charge in [-0.3, -0.25) is 9.78 Å². The number of nitrogens with zero attached hydrogens (tertiary/aromatic N) is 3. The van der Waals surface area contributed by atoms with Crippen molar-refractivity contribution in [1.82, 2.24) is 14.4 Å². The fraction of sp³-hybridized carbons (Fsp3) is 0.150. The lowest BCUT2D eigenvalue weighted by Gasteiger charge is -2.01. The summed E-state index contributed by atoms with van der Waals surface area (Å²) in [5, 5.41) is 3.16. The lowest BCUT2D eigenvalue weighted by atomic mass is 10.1. The first-order valence-corrected chi connectivity index (χ1v) is 9.12. The van der Waals surface area contributed by atoms with Crippen molar-refractivity contribution in [2.75, 3.05) is 0 Å². The number of pyridine rings is 2. The number of aryl methyl sites for hydroxylation is 1. The predicted octanol–water partition coefficient (Wildman–Crippen LogP) is 4.45.